The molecule has 4 heteroatoms. The smallest absolute Gasteiger partial charge is 0.162 e. The van der Waals surface area contributed by atoms with Crippen LogP contribution in [0.15, 0.2) is 60.7 Å². The van der Waals surface area contributed by atoms with Gasteiger partial charge in [-0.05, 0) is 12.1 Å². The Morgan fingerprint density at radius 3 is 2.33 bits per heavy atom. The molecule has 0 unspecified atom stereocenters. The third-order valence-corrected chi connectivity index (χ3v) is 3.16. The van der Waals surface area contributed by atoms with E-state index < -0.39 is 0 Å². The number of phenolic OH excluding ortho intramolecular Hbond substituents is 1. The third kappa shape index (κ3) is 2.84. The van der Waals surface area contributed by atoms with Gasteiger partial charge in [0.25, 0.3) is 0 Å². The largest absolute Gasteiger partial charge is 0.508 e. The first kappa shape index (κ1) is 13.1. The second-order valence-electron chi connectivity index (χ2n) is 4.63. The van der Waals surface area contributed by atoms with E-state index in [2.05, 4.69) is 15.3 Å². The Morgan fingerprint density at radius 1 is 0.857 bits per heavy atom. The van der Waals surface area contributed by atoms with E-state index in [1.54, 1.807) is 18.2 Å². The summed E-state index contributed by atoms with van der Waals surface area (Å²) in [6.45, 7) is 0. The number of hydrogen-bond donors (Lipinski definition) is 2. The van der Waals surface area contributed by atoms with Crippen LogP contribution in [-0.4, -0.2) is 22.1 Å². The molecular weight excluding hydrogens is 262 g/mol. The molecule has 1 aromatic heterocycles. The van der Waals surface area contributed by atoms with Crippen molar-refractivity contribution in [2.24, 2.45) is 0 Å². The Kier molecular flexibility index (Phi) is 3.51. The first-order chi connectivity index (χ1) is 10.3. The van der Waals surface area contributed by atoms with E-state index in [0.717, 1.165) is 22.6 Å². The van der Waals surface area contributed by atoms with E-state index >= 15 is 0 Å². The Labute approximate surface area is 123 Å². The molecule has 0 aliphatic carbocycles. The van der Waals surface area contributed by atoms with E-state index in [-0.39, 0.29) is 5.75 Å². The number of aromatic hydroxyl groups is 1. The lowest BCUT2D eigenvalue weighted by Crippen LogP contribution is -1.98. The van der Waals surface area contributed by atoms with E-state index in [1.807, 2.05) is 49.5 Å². The van der Waals surface area contributed by atoms with Gasteiger partial charge in [0.2, 0.25) is 0 Å². The molecule has 0 spiro atoms. The summed E-state index contributed by atoms with van der Waals surface area (Å²) < 4.78 is 0. The van der Waals surface area contributed by atoms with Crippen LogP contribution in [0.25, 0.3) is 22.6 Å². The molecule has 0 bridgehead atoms. The highest BCUT2D eigenvalue weighted by Crippen LogP contribution is 2.25. The number of hydrogen-bond acceptors (Lipinski definition) is 4. The van der Waals surface area contributed by atoms with Gasteiger partial charge in [0.1, 0.15) is 11.6 Å². The average molecular weight is 277 g/mol. The second kappa shape index (κ2) is 5.63. The summed E-state index contributed by atoms with van der Waals surface area (Å²) in [6, 6.07) is 18.8. The SMILES string of the molecule is CNc1cc(-c2ccccc2)nc(-c2cccc(O)c2)n1. The summed E-state index contributed by atoms with van der Waals surface area (Å²) in [5.74, 6) is 1.52. The van der Waals surface area contributed by atoms with Gasteiger partial charge in [-0.1, -0.05) is 42.5 Å². The van der Waals surface area contributed by atoms with Crippen LogP contribution in [0, 0.1) is 0 Å². The van der Waals surface area contributed by atoms with Crippen molar-refractivity contribution in [2.75, 3.05) is 12.4 Å². The van der Waals surface area contributed by atoms with Crippen molar-refractivity contribution >= 4 is 5.82 Å². The molecule has 2 N–H and O–H groups in total. The molecule has 0 atom stereocenters. The molecular formula is C17H15N3O. The van der Waals surface area contributed by atoms with Gasteiger partial charge in [-0.25, -0.2) is 9.97 Å². The van der Waals surface area contributed by atoms with Crippen molar-refractivity contribution in [1.82, 2.24) is 9.97 Å². The predicted molar refractivity (Wildman–Crippen MR) is 84.1 cm³/mol. The predicted octanol–water partition coefficient (Wildman–Crippen LogP) is 3.56. The van der Waals surface area contributed by atoms with Crippen LogP contribution in [0.5, 0.6) is 5.75 Å². The third-order valence-electron chi connectivity index (χ3n) is 3.16. The van der Waals surface area contributed by atoms with Gasteiger partial charge >= 0.3 is 0 Å². The Bertz CT molecular complexity index is 757. The van der Waals surface area contributed by atoms with Gasteiger partial charge in [-0.15, -0.1) is 0 Å². The van der Waals surface area contributed by atoms with E-state index in [4.69, 9.17) is 0 Å². The standard InChI is InChI=1S/C17H15N3O/c1-18-16-11-15(12-6-3-2-4-7-12)19-17(20-16)13-8-5-9-14(21)10-13/h2-11,21H,1H3,(H,18,19,20). The van der Waals surface area contributed by atoms with Crippen molar-refractivity contribution in [2.45, 2.75) is 0 Å². The average Bonchev–Trinajstić information content (AvgIpc) is 2.55. The highest BCUT2D eigenvalue weighted by molar-refractivity contribution is 5.67. The van der Waals surface area contributed by atoms with Crippen molar-refractivity contribution < 1.29 is 5.11 Å². The summed E-state index contributed by atoms with van der Waals surface area (Å²) in [6.07, 6.45) is 0. The molecule has 3 rings (SSSR count). The zero-order valence-corrected chi connectivity index (χ0v) is 11.6. The minimum Gasteiger partial charge on any atom is -0.508 e. The van der Waals surface area contributed by atoms with Crippen LogP contribution in [0.1, 0.15) is 0 Å². The maximum absolute atomic E-state index is 9.62. The van der Waals surface area contributed by atoms with E-state index in [0.29, 0.717) is 5.82 Å². The fraction of sp³-hybridized carbons (Fsp3) is 0.0588. The fourth-order valence-corrected chi connectivity index (χ4v) is 2.11. The van der Waals surface area contributed by atoms with Crippen LogP contribution in [0.4, 0.5) is 5.82 Å². The number of phenols is 1. The Balaban J connectivity index is 2.14. The summed E-state index contributed by atoms with van der Waals surface area (Å²) in [5, 5.41) is 12.7. The van der Waals surface area contributed by atoms with E-state index in [1.165, 1.54) is 0 Å². The van der Waals surface area contributed by atoms with Crippen LogP contribution in [-0.2, 0) is 0 Å². The quantitative estimate of drug-likeness (QED) is 0.768. The maximum Gasteiger partial charge on any atom is 0.162 e. The van der Waals surface area contributed by atoms with Crippen molar-refractivity contribution in [3.8, 4) is 28.4 Å². The summed E-state index contributed by atoms with van der Waals surface area (Å²) in [4.78, 5) is 9.06. The minimum atomic E-state index is 0.201. The number of benzene rings is 2. The summed E-state index contributed by atoms with van der Waals surface area (Å²) in [5.41, 5.74) is 2.65. The monoisotopic (exact) mass is 277 g/mol. The molecule has 1 heterocycles. The van der Waals surface area contributed by atoms with Crippen LogP contribution < -0.4 is 5.32 Å². The molecule has 0 radical (unpaired) electrons. The second-order valence-corrected chi connectivity index (χ2v) is 4.63. The topological polar surface area (TPSA) is 58.0 Å². The highest BCUT2D eigenvalue weighted by Gasteiger charge is 2.08. The minimum absolute atomic E-state index is 0.201. The first-order valence-electron chi connectivity index (χ1n) is 6.68. The molecule has 0 aliphatic rings. The molecule has 21 heavy (non-hydrogen) atoms. The molecule has 4 nitrogen and oxygen atoms in total. The molecule has 2 aromatic carbocycles. The molecule has 0 aliphatic heterocycles. The van der Waals surface area contributed by atoms with Crippen LogP contribution >= 0.6 is 0 Å². The summed E-state index contributed by atoms with van der Waals surface area (Å²) >= 11 is 0. The zero-order chi connectivity index (χ0) is 14.7. The lowest BCUT2D eigenvalue weighted by atomic mass is 10.1. The molecule has 0 saturated carbocycles. The normalized spacial score (nSPS) is 10.3. The van der Waals surface area contributed by atoms with Gasteiger partial charge in [-0.2, -0.15) is 0 Å². The van der Waals surface area contributed by atoms with Crippen LogP contribution in [0.3, 0.4) is 0 Å². The van der Waals surface area contributed by atoms with Gasteiger partial charge < -0.3 is 10.4 Å². The number of aromatic nitrogens is 2. The molecule has 0 fully saturated rings. The molecule has 0 saturated heterocycles. The van der Waals surface area contributed by atoms with E-state index in [9.17, 15) is 5.11 Å². The van der Waals surface area contributed by atoms with Gasteiger partial charge in [-0.3, -0.25) is 0 Å². The van der Waals surface area contributed by atoms with Crippen molar-refractivity contribution in [1.29, 1.82) is 0 Å². The van der Waals surface area contributed by atoms with Crippen molar-refractivity contribution in [3.05, 3.63) is 60.7 Å². The van der Waals surface area contributed by atoms with Crippen LogP contribution in [0.2, 0.25) is 0 Å². The lowest BCUT2D eigenvalue weighted by Gasteiger charge is -2.08. The zero-order valence-electron chi connectivity index (χ0n) is 11.6. The lowest BCUT2D eigenvalue weighted by molar-refractivity contribution is 0.475. The highest BCUT2D eigenvalue weighted by atomic mass is 16.3. The van der Waals surface area contributed by atoms with Crippen molar-refractivity contribution in [3.63, 3.8) is 0 Å². The summed E-state index contributed by atoms with van der Waals surface area (Å²) in [7, 11) is 1.82. The number of rotatable bonds is 3. The molecule has 0 amide bonds. The molecule has 104 valence electrons. The number of nitrogens with one attached hydrogen (secondary N) is 1. The van der Waals surface area contributed by atoms with Gasteiger partial charge in [0, 0.05) is 24.2 Å². The first-order valence-corrected chi connectivity index (χ1v) is 6.68. The maximum atomic E-state index is 9.62. The fourth-order valence-electron chi connectivity index (χ4n) is 2.11. The Morgan fingerprint density at radius 2 is 1.62 bits per heavy atom. The van der Waals surface area contributed by atoms with Gasteiger partial charge in [0.15, 0.2) is 5.82 Å². The van der Waals surface area contributed by atoms with Gasteiger partial charge in [0.05, 0.1) is 5.69 Å². The number of anilines is 1. The molecule has 3 aromatic rings. The Hall–Kier alpha value is -2.88. The number of nitrogens with zero attached hydrogens (tertiary/aromatic N) is 2.